The first kappa shape index (κ1) is 17.4. The summed E-state index contributed by atoms with van der Waals surface area (Å²) in [6.45, 7) is 0.101. The van der Waals surface area contributed by atoms with Gasteiger partial charge in [-0.05, 0) is 42.7 Å². The van der Waals surface area contributed by atoms with Crippen LogP contribution >= 0.6 is 0 Å². The molecular weight excluding hydrogens is 312 g/mol. The fourth-order valence-corrected chi connectivity index (χ4v) is 2.28. The zero-order valence-corrected chi connectivity index (χ0v) is 13.2. The van der Waals surface area contributed by atoms with Crippen LogP contribution in [0.25, 0.3) is 0 Å². The molecule has 0 amide bonds. The van der Waals surface area contributed by atoms with Crippen molar-refractivity contribution in [1.29, 1.82) is 0 Å². The Balaban J connectivity index is 2.33. The molecule has 0 heterocycles. The summed E-state index contributed by atoms with van der Waals surface area (Å²) >= 11 is 0. The number of carbonyl (C=O) groups excluding carboxylic acids is 1. The van der Waals surface area contributed by atoms with E-state index in [4.69, 9.17) is 5.11 Å². The number of aliphatic hydroxyl groups excluding tert-OH is 1. The number of nitrogens with zero attached hydrogens (tertiary/aromatic N) is 1. The van der Waals surface area contributed by atoms with Crippen molar-refractivity contribution in [2.45, 2.75) is 12.8 Å². The normalized spacial score (nSPS) is 10.2. The fraction of sp³-hybridized carbons (Fsp3) is 0.235. The van der Waals surface area contributed by atoms with Gasteiger partial charge in [-0.25, -0.2) is 4.79 Å². The minimum Gasteiger partial charge on any atom is -0.465 e. The van der Waals surface area contributed by atoms with Crippen molar-refractivity contribution in [2.24, 2.45) is 0 Å². The molecular formula is C17H18N2O5. The van der Waals surface area contributed by atoms with Gasteiger partial charge in [0.15, 0.2) is 0 Å². The monoisotopic (exact) mass is 330 g/mol. The second-order valence-corrected chi connectivity index (χ2v) is 5.13. The molecule has 0 atom stereocenters. The Morgan fingerprint density at radius 2 is 2.08 bits per heavy atom. The molecule has 0 saturated heterocycles. The van der Waals surface area contributed by atoms with Crippen LogP contribution in [0.3, 0.4) is 0 Å². The number of rotatable bonds is 7. The highest BCUT2D eigenvalue weighted by Crippen LogP contribution is 2.29. The average molecular weight is 330 g/mol. The number of ether oxygens (including phenoxy) is 1. The molecule has 0 fully saturated rings. The summed E-state index contributed by atoms with van der Waals surface area (Å²) in [7, 11) is 1.25. The van der Waals surface area contributed by atoms with Gasteiger partial charge in [0.25, 0.3) is 5.69 Å². The first-order chi connectivity index (χ1) is 11.5. The van der Waals surface area contributed by atoms with Crippen LogP contribution in [0.4, 0.5) is 17.1 Å². The van der Waals surface area contributed by atoms with Crippen LogP contribution in [0.15, 0.2) is 42.5 Å². The van der Waals surface area contributed by atoms with E-state index in [0.29, 0.717) is 18.5 Å². The number of hydrogen-bond donors (Lipinski definition) is 2. The summed E-state index contributed by atoms with van der Waals surface area (Å²) in [4.78, 5) is 22.3. The van der Waals surface area contributed by atoms with Gasteiger partial charge in [-0.2, -0.15) is 0 Å². The Bertz CT molecular complexity index is 746. The van der Waals surface area contributed by atoms with E-state index in [0.717, 1.165) is 5.56 Å². The first-order valence-electron chi connectivity index (χ1n) is 7.38. The van der Waals surface area contributed by atoms with Crippen LogP contribution in [0, 0.1) is 10.1 Å². The van der Waals surface area contributed by atoms with E-state index in [-0.39, 0.29) is 23.5 Å². The molecule has 0 radical (unpaired) electrons. The van der Waals surface area contributed by atoms with Crippen molar-refractivity contribution in [1.82, 2.24) is 0 Å². The van der Waals surface area contributed by atoms with Crippen molar-refractivity contribution in [3.05, 3.63) is 63.7 Å². The molecule has 7 heteroatoms. The Kier molecular flexibility index (Phi) is 5.86. The van der Waals surface area contributed by atoms with Gasteiger partial charge in [0.05, 0.1) is 17.6 Å². The summed E-state index contributed by atoms with van der Waals surface area (Å²) in [6, 6.07) is 11.4. The van der Waals surface area contributed by atoms with Gasteiger partial charge in [0.1, 0.15) is 5.69 Å². The number of hydrogen-bond acceptors (Lipinski definition) is 6. The molecule has 0 aliphatic carbocycles. The number of esters is 1. The molecule has 0 bridgehead atoms. The maximum Gasteiger partial charge on any atom is 0.337 e. The molecule has 24 heavy (non-hydrogen) atoms. The lowest BCUT2D eigenvalue weighted by molar-refractivity contribution is -0.383. The van der Waals surface area contributed by atoms with Crippen LogP contribution < -0.4 is 5.32 Å². The molecule has 2 aromatic rings. The zero-order chi connectivity index (χ0) is 17.5. The quantitative estimate of drug-likeness (QED) is 0.459. The van der Waals surface area contributed by atoms with Crippen LogP contribution in [0.1, 0.15) is 22.3 Å². The standard InChI is InChI=1S/C17H18N2O5/c1-24-17(21)13-7-8-16(19(22)23)15(11-13)18-14-6-2-4-12(10-14)5-3-9-20/h2,4,6-8,10-11,18,20H,3,5,9H2,1H3. The van der Waals surface area contributed by atoms with Crippen molar-refractivity contribution in [3.63, 3.8) is 0 Å². The lowest BCUT2D eigenvalue weighted by atomic mass is 10.1. The molecule has 0 aliphatic heterocycles. The molecule has 2 rings (SSSR count). The van der Waals surface area contributed by atoms with E-state index in [2.05, 4.69) is 10.1 Å². The first-order valence-corrected chi connectivity index (χ1v) is 7.38. The molecule has 7 nitrogen and oxygen atoms in total. The highest BCUT2D eigenvalue weighted by Gasteiger charge is 2.17. The molecule has 2 aromatic carbocycles. The van der Waals surface area contributed by atoms with Gasteiger partial charge in [-0.3, -0.25) is 10.1 Å². The van der Waals surface area contributed by atoms with E-state index in [9.17, 15) is 14.9 Å². The van der Waals surface area contributed by atoms with Crippen LogP contribution in [0.2, 0.25) is 0 Å². The largest absolute Gasteiger partial charge is 0.465 e. The smallest absolute Gasteiger partial charge is 0.337 e. The SMILES string of the molecule is COC(=O)c1ccc([N+](=O)[O-])c(Nc2cccc(CCCO)c2)c1. The van der Waals surface area contributed by atoms with Gasteiger partial charge < -0.3 is 15.2 Å². The number of benzene rings is 2. The third-order valence-corrected chi connectivity index (χ3v) is 3.44. The molecule has 0 aliphatic rings. The van der Waals surface area contributed by atoms with Crippen LogP contribution in [-0.2, 0) is 11.2 Å². The number of aliphatic hydroxyl groups is 1. The van der Waals surface area contributed by atoms with Gasteiger partial charge in [0.2, 0.25) is 0 Å². The number of methoxy groups -OCH3 is 1. The molecule has 0 aromatic heterocycles. The van der Waals surface area contributed by atoms with Gasteiger partial charge in [-0.1, -0.05) is 12.1 Å². The number of nitrogens with one attached hydrogen (secondary N) is 1. The van der Waals surface area contributed by atoms with Crippen molar-refractivity contribution in [3.8, 4) is 0 Å². The van der Waals surface area contributed by atoms with Crippen molar-refractivity contribution in [2.75, 3.05) is 19.0 Å². The van der Waals surface area contributed by atoms with Gasteiger partial charge >= 0.3 is 5.97 Å². The molecule has 2 N–H and O–H groups in total. The maximum atomic E-state index is 11.6. The molecule has 0 spiro atoms. The number of carbonyl (C=O) groups is 1. The fourth-order valence-electron chi connectivity index (χ4n) is 2.28. The van der Waals surface area contributed by atoms with Gasteiger partial charge in [0, 0.05) is 18.4 Å². The third-order valence-electron chi connectivity index (χ3n) is 3.44. The third kappa shape index (κ3) is 4.30. The minimum atomic E-state index is -0.565. The maximum absolute atomic E-state index is 11.6. The van der Waals surface area contributed by atoms with E-state index >= 15 is 0 Å². The average Bonchev–Trinajstić information content (AvgIpc) is 2.59. The van der Waals surface area contributed by atoms with Gasteiger partial charge in [-0.15, -0.1) is 0 Å². The van der Waals surface area contributed by atoms with E-state index in [1.165, 1.54) is 25.3 Å². The number of aryl methyl sites for hydroxylation is 1. The summed E-state index contributed by atoms with van der Waals surface area (Å²) in [5, 5.41) is 23.1. The molecule has 0 saturated carbocycles. The topological polar surface area (TPSA) is 102 Å². The highest BCUT2D eigenvalue weighted by atomic mass is 16.6. The van der Waals surface area contributed by atoms with Crippen LogP contribution in [0.5, 0.6) is 0 Å². The predicted octanol–water partition coefficient (Wildman–Crippen LogP) is 3.05. The summed E-state index contributed by atoms with van der Waals surface area (Å²) in [5.41, 5.74) is 1.96. The molecule has 126 valence electrons. The van der Waals surface area contributed by atoms with E-state index in [1.807, 2.05) is 18.2 Å². The Morgan fingerprint density at radius 3 is 2.75 bits per heavy atom. The summed E-state index contributed by atoms with van der Waals surface area (Å²) in [5.74, 6) is -0.565. The minimum absolute atomic E-state index is 0.101. The highest BCUT2D eigenvalue weighted by molar-refractivity contribution is 5.92. The Hall–Kier alpha value is -2.93. The summed E-state index contributed by atoms with van der Waals surface area (Å²) in [6.07, 6.45) is 1.34. The van der Waals surface area contributed by atoms with Crippen molar-refractivity contribution >= 4 is 23.0 Å². The number of nitro benzene ring substituents is 1. The molecule has 0 unspecified atom stereocenters. The van der Waals surface area contributed by atoms with Crippen molar-refractivity contribution < 1.29 is 19.6 Å². The van der Waals surface area contributed by atoms with E-state index < -0.39 is 10.9 Å². The summed E-state index contributed by atoms with van der Waals surface area (Å²) < 4.78 is 4.64. The van der Waals surface area contributed by atoms with Crippen LogP contribution in [-0.4, -0.2) is 29.7 Å². The zero-order valence-electron chi connectivity index (χ0n) is 13.2. The second-order valence-electron chi connectivity index (χ2n) is 5.13. The number of anilines is 2. The predicted molar refractivity (Wildman–Crippen MR) is 89.6 cm³/mol. The number of nitro groups is 1. The lowest BCUT2D eigenvalue weighted by Gasteiger charge is -2.10. The second kappa shape index (κ2) is 8.07. The Morgan fingerprint density at radius 1 is 1.29 bits per heavy atom. The van der Waals surface area contributed by atoms with E-state index in [1.54, 1.807) is 6.07 Å². The Labute approximate surface area is 139 Å². The lowest BCUT2D eigenvalue weighted by Crippen LogP contribution is -2.04.